The first-order chi connectivity index (χ1) is 8.87. The van der Waals surface area contributed by atoms with E-state index in [9.17, 15) is 4.79 Å². The molecule has 3 nitrogen and oxygen atoms in total. The molecule has 1 aromatic rings. The van der Waals surface area contributed by atoms with Gasteiger partial charge in [-0.25, -0.2) is 4.79 Å². The number of hydrogen-bond donors (Lipinski definition) is 1. The van der Waals surface area contributed by atoms with Crippen LogP contribution in [-0.4, -0.2) is 17.7 Å². The molecule has 1 aromatic carbocycles. The van der Waals surface area contributed by atoms with E-state index >= 15 is 0 Å². The molecule has 0 spiro atoms. The van der Waals surface area contributed by atoms with E-state index in [-0.39, 0.29) is 6.61 Å². The molecule has 0 bridgehead atoms. The average Bonchev–Trinajstić information content (AvgIpc) is 2.32. The molecule has 0 saturated heterocycles. The molecule has 0 radical (unpaired) electrons. The first-order valence-corrected chi connectivity index (χ1v) is 6.80. The lowest BCUT2D eigenvalue weighted by Gasteiger charge is -2.17. The number of hydrogen-bond acceptors (Lipinski definition) is 2. The van der Waals surface area contributed by atoms with Gasteiger partial charge in [-0.05, 0) is 42.4 Å². The molecular formula is C16H24O3. The third-order valence-corrected chi connectivity index (χ3v) is 2.93. The second-order valence-corrected chi connectivity index (χ2v) is 6.09. The minimum absolute atomic E-state index is 0.287. The molecule has 106 valence electrons. The minimum atomic E-state index is -0.953. The molecule has 1 rings (SSSR count). The highest BCUT2D eigenvalue weighted by Gasteiger charge is 2.08. The fourth-order valence-corrected chi connectivity index (χ4v) is 1.88. The molecule has 0 aliphatic heterocycles. The lowest BCUT2D eigenvalue weighted by Crippen LogP contribution is -2.09. The summed E-state index contributed by atoms with van der Waals surface area (Å²) in [6, 6.07) is 7.69. The van der Waals surface area contributed by atoms with Gasteiger partial charge in [-0.15, -0.1) is 0 Å². The zero-order valence-electron chi connectivity index (χ0n) is 12.1. The number of rotatable bonds is 7. The molecule has 0 aromatic heterocycles. The van der Waals surface area contributed by atoms with E-state index in [1.54, 1.807) is 0 Å². The third-order valence-electron chi connectivity index (χ3n) is 2.93. The summed E-state index contributed by atoms with van der Waals surface area (Å²) in [5, 5.41) is 8.51. The Morgan fingerprint density at radius 3 is 2.32 bits per heavy atom. The van der Waals surface area contributed by atoms with E-state index in [4.69, 9.17) is 9.84 Å². The summed E-state index contributed by atoms with van der Waals surface area (Å²) in [6.45, 7) is 6.51. The number of benzene rings is 1. The van der Waals surface area contributed by atoms with Gasteiger partial charge in [0.25, 0.3) is 0 Å². The minimum Gasteiger partial charge on any atom is -0.482 e. The van der Waals surface area contributed by atoms with Crippen molar-refractivity contribution in [1.82, 2.24) is 0 Å². The van der Waals surface area contributed by atoms with E-state index in [0.717, 1.165) is 6.42 Å². The van der Waals surface area contributed by atoms with E-state index in [1.807, 2.05) is 24.3 Å². The Bertz CT molecular complexity index is 387. The van der Waals surface area contributed by atoms with Gasteiger partial charge in [0.05, 0.1) is 0 Å². The summed E-state index contributed by atoms with van der Waals surface area (Å²) in [4.78, 5) is 10.4. The van der Waals surface area contributed by atoms with Crippen LogP contribution in [0, 0.1) is 5.41 Å². The monoisotopic (exact) mass is 264 g/mol. The van der Waals surface area contributed by atoms with Crippen LogP contribution in [0.25, 0.3) is 0 Å². The summed E-state index contributed by atoms with van der Waals surface area (Å²) in [5.74, 6) is -0.341. The van der Waals surface area contributed by atoms with Crippen LogP contribution in [0.3, 0.4) is 0 Å². The topological polar surface area (TPSA) is 46.5 Å². The zero-order valence-corrected chi connectivity index (χ0v) is 12.1. The Balaban J connectivity index is 2.30. The number of unbranched alkanes of at least 4 members (excludes halogenated alkanes) is 1. The SMILES string of the molecule is CC(C)(C)CCCCc1ccc(OCC(=O)O)cc1. The normalized spacial score (nSPS) is 11.3. The lowest BCUT2D eigenvalue weighted by atomic mass is 9.89. The van der Waals surface area contributed by atoms with Crippen LogP contribution in [0.4, 0.5) is 0 Å². The van der Waals surface area contributed by atoms with E-state index < -0.39 is 5.97 Å². The van der Waals surface area contributed by atoms with Crippen LogP contribution in [0.15, 0.2) is 24.3 Å². The first-order valence-electron chi connectivity index (χ1n) is 6.80. The van der Waals surface area contributed by atoms with Crippen molar-refractivity contribution in [3.05, 3.63) is 29.8 Å². The summed E-state index contributed by atoms with van der Waals surface area (Å²) in [5.41, 5.74) is 1.69. The van der Waals surface area contributed by atoms with E-state index in [0.29, 0.717) is 11.2 Å². The van der Waals surface area contributed by atoms with Crippen molar-refractivity contribution < 1.29 is 14.6 Å². The lowest BCUT2D eigenvalue weighted by molar-refractivity contribution is -0.139. The molecule has 0 atom stereocenters. The highest BCUT2D eigenvalue weighted by Crippen LogP contribution is 2.22. The number of carboxylic acid groups (broad SMARTS) is 1. The number of aryl methyl sites for hydroxylation is 1. The highest BCUT2D eigenvalue weighted by molar-refractivity contribution is 5.68. The summed E-state index contributed by atoms with van der Waals surface area (Å²) < 4.78 is 5.09. The maximum atomic E-state index is 10.4. The van der Waals surface area contributed by atoms with Crippen molar-refractivity contribution in [2.24, 2.45) is 5.41 Å². The van der Waals surface area contributed by atoms with Gasteiger partial charge in [0.2, 0.25) is 0 Å². The van der Waals surface area contributed by atoms with Crippen molar-refractivity contribution in [1.29, 1.82) is 0 Å². The molecule has 0 aliphatic rings. The van der Waals surface area contributed by atoms with Crippen LogP contribution >= 0.6 is 0 Å². The van der Waals surface area contributed by atoms with E-state index in [1.165, 1.54) is 24.8 Å². The molecule has 0 fully saturated rings. The summed E-state index contributed by atoms with van der Waals surface area (Å²) in [7, 11) is 0. The van der Waals surface area contributed by atoms with Crippen LogP contribution in [0.2, 0.25) is 0 Å². The second-order valence-electron chi connectivity index (χ2n) is 6.09. The Kier molecular flexibility index (Phi) is 5.87. The molecule has 3 heteroatoms. The molecule has 19 heavy (non-hydrogen) atoms. The quantitative estimate of drug-likeness (QED) is 0.759. The highest BCUT2D eigenvalue weighted by atomic mass is 16.5. The fourth-order valence-electron chi connectivity index (χ4n) is 1.88. The molecule has 0 aliphatic carbocycles. The van der Waals surface area contributed by atoms with Gasteiger partial charge in [0.15, 0.2) is 6.61 Å². The molecule has 0 heterocycles. The standard InChI is InChI=1S/C16H24O3/c1-16(2,3)11-5-4-6-13-7-9-14(10-8-13)19-12-15(17)18/h7-10H,4-6,11-12H2,1-3H3,(H,17,18). The maximum Gasteiger partial charge on any atom is 0.341 e. The van der Waals surface area contributed by atoms with Crippen LogP contribution < -0.4 is 4.74 Å². The van der Waals surface area contributed by atoms with Gasteiger partial charge in [0.1, 0.15) is 5.75 Å². The van der Waals surface area contributed by atoms with Gasteiger partial charge in [0, 0.05) is 0 Å². The summed E-state index contributed by atoms with van der Waals surface area (Å²) >= 11 is 0. The predicted octanol–water partition coefficient (Wildman–Crippen LogP) is 3.91. The van der Waals surface area contributed by atoms with Crippen LogP contribution in [0.1, 0.15) is 45.6 Å². The Labute approximate surface area is 115 Å². The number of carbonyl (C=O) groups is 1. The molecule has 0 amide bonds. The zero-order chi connectivity index (χ0) is 14.3. The van der Waals surface area contributed by atoms with Crippen molar-refractivity contribution in [3.8, 4) is 5.75 Å². The number of aliphatic carboxylic acids is 1. The molecule has 0 unspecified atom stereocenters. The molecule has 0 saturated carbocycles. The van der Waals surface area contributed by atoms with Crippen LogP contribution in [-0.2, 0) is 11.2 Å². The third kappa shape index (κ3) is 7.50. The van der Waals surface area contributed by atoms with Gasteiger partial charge in [-0.2, -0.15) is 0 Å². The first kappa shape index (κ1) is 15.5. The Morgan fingerprint density at radius 1 is 1.16 bits per heavy atom. The molecule has 1 N–H and O–H groups in total. The number of carboxylic acids is 1. The number of ether oxygens (including phenoxy) is 1. The Morgan fingerprint density at radius 2 is 1.79 bits per heavy atom. The largest absolute Gasteiger partial charge is 0.482 e. The summed E-state index contributed by atoms with van der Waals surface area (Å²) in [6.07, 6.45) is 4.73. The van der Waals surface area contributed by atoms with Gasteiger partial charge < -0.3 is 9.84 Å². The second kappa shape index (κ2) is 7.17. The fraction of sp³-hybridized carbons (Fsp3) is 0.562. The Hall–Kier alpha value is -1.51. The van der Waals surface area contributed by atoms with Crippen molar-refractivity contribution in [2.75, 3.05) is 6.61 Å². The average molecular weight is 264 g/mol. The van der Waals surface area contributed by atoms with Crippen molar-refractivity contribution in [3.63, 3.8) is 0 Å². The van der Waals surface area contributed by atoms with Gasteiger partial charge >= 0.3 is 5.97 Å². The predicted molar refractivity (Wildman–Crippen MR) is 76.6 cm³/mol. The van der Waals surface area contributed by atoms with Gasteiger partial charge in [-0.1, -0.05) is 39.3 Å². The van der Waals surface area contributed by atoms with Crippen molar-refractivity contribution in [2.45, 2.75) is 46.5 Å². The smallest absolute Gasteiger partial charge is 0.341 e. The van der Waals surface area contributed by atoms with Crippen LogP contribution in [0.5, 0.6) is 5.75 Å². The molecular weight excluding hydrogens is 240 g/mol. The van der Waals surface area contributed by atoms with E-state index in [2.05, 4.69) is 20.8 Å². The maximum absolute atomic E-state index is 10.4. The van der Waals surface area contributed by atoms with Crippen molar-refractivity contribution >= 4 is 5.97 Å². The van der Waals surface area contributed by atoms with Gasteiger partial charge in [-0.3, -0.25) is 0 Å².